The molecule has 7 heteroatoms. The van der Waals surface area contributed by atoms with E-state index in [1.807, 2.05) is 0 Å². The molecule has 0 fully saturated rings. The fourth-order valence-corrected chi connectivity index (χ4v) is 1.36. The number of carbonyl (C=O) groups excluding carboxylic acids is 2. The molecule has 2 N–H and O–H groups in total. The van der Waals surface area contributed by atoms with Crippen LogP contribution in [0.4, 0.5) is 9.59 Å². The molecule has 110 valence electrons. The molecule has 1 aromatic rings. The molecule has 20 heavy (non-hydrogen) atoms. The number of pyridine rings is 1. The van der Waals surface area contributed by atoms with Gasteiger partial charge in [-0.25, -0.2) is 9.59 Å². The van der Waals surface area contributed by atoms with Crippen LogP contribution in [0.5, 0.6) is 5.75 Å². The van der Waals surface area contributed by atoms with Gasteiger partial charge in [-0.05, 0) is 26.8 Å². The summed E-state index contributed by atoms with van der Waals surface area (Å²) >= 11 is 0. The second-order valence-corrected chi connectivity index (χ2v) is 3.95. The minimum absolute atomic E-state index is 0.0604. The van der Waals surface area contributed by atoms with Crippen molar-refractivity contribution in [3.05, 3.63) is 23.5 Å². The minimum Gasteiger partial charge on any atom is -0.445 e. The monoisotopic (exact) mass is 281 g/mol. The van der Waals surface area contributed by atoms with E-state index in [0.717, 1.165) is 0 Å². The van der Waals surface area contributed by atoms with Crippen LogP contribution in [0, 0.1) is 6.92 Å². The molecular formula is C13H19N3O4. The summed E-state index contributed by atoms with van der Waals surface area (Å²) in [4.78, 5) is 26.7. The largest absolute Gasteiger partial charge is 0.445 e. The number of hydrogen-bond donors (Lipinski definition) is 2. The summed E-state index contributed by atoms with van der Waals surface area (Å²) in [5, 5.41) is 5.04. The van der Waals surface area contributed by atoms with Gasteiger partial charge < -0.3 is 20.1 Å². The summed E-state index contributed by atoms with van der Waals surface area (Å²) in [7, 11) is 0. The number of amides is 2. The lowest BCUT2D eigenvalue weighted by Gasteiger charge is -2.09. The van der Waals surface area contributed by atoms with Crippen molar-refractivity contribution < 1.29 is 19.1 Å². The highest BCUT2D eigenvalue weighted by molar-refractivity contribution is 5.70. The maximum atomic E-state index is 11.4. The highest BCUT2D eigenvalue weighted by Gasteiger charge is 2.09. The SMILES string of the molecule is CCNC(=O)OCc1cnc(C)c(OC(=O)NCC)c1. The number of hydrogen-bond acceptors (Lipinski definition) is 5. The molecule has 0 saturated carbocycles. The molecular weight excluding hydrogens is 262 g/mol. The van der Waals surface area contributed by atoms with Crippen molar-refractivity contribution in [3.63, 3.8) is 0 Å². The average Bonchev–Trinajstić information content (AvgIpc) is 2.40. The van der Waals surface area contributed by atoms with Gasteiger partial charge in [0.05, 0.1) is 5.69 Å². The van der Waals surface area contributed by atoms with Crippen LogP contribution >= 0.6 is 0 Å². The molecule has 0 bridgehead atoms. The maximum Gasteiger partial charge on any atom is 0.412 e. The Labute approximate surface area is 117 Å². The second kappa shape index (κ2) is 7.98. The zero-order valence-corrected chi connectivity index (χ0v) is 11.9. The summed E-state index contributed by atoms with van der Waals surface area (Å²) in [6, 6.07) is 1.62. The molecule has 0 aliphatic rings. The van der Waals surface area contributed by atoms with E-state index in [4.69, 9.17) is 9.47 Å². The number of carbonyl (C=O) groups is 2. The Kier molecular flexibility index (Phi) is 6.28. The first kappa shape index (κ1) is 15.7. The molecule has 0 aliphatic heterocycles. The first-order valence-corrected chi connectivity index (χ1v) is 6.38. The van der Waals surface area contributed by atoms with Crippen molar-refractivity contribution in [1.29, 1.82) is 0 Å². The minimum atomic E-state index is -0.542. The van der Waals surface area contributed by atoms with E-state index < -0.39 is 12.2 Å². The summed E-state index contributed by atoms with van der Waals surface area (Å²) in [6.45, 7) is 6.35. The van der Waals surface area contributed by atoms with Gasteiger partial charge in [0.2, 0.25) is 0 Å². The molecule has 0 unspecified atom stereocenters. The Morgan fingerprint density at radius 2 is 1.85 bits per heavy atom. The van der Waals surface area contributed by atoms with E-state index in [0.29, 0.717) is 30.1 Å². The van der Waals surface area contributed by atoms with Crippen molar-refractivity contribution in [1.82, 2.24) is 15.6 Å². The Balaban J connectivity index is 2.66. The van der Waals surface area contributed by atoms with Gasteiger partial charge in [-0.2, -0.15) is 0 Å². The van der Waals surface area contributed by atoms with Gasteiger partial charge in [-0.15, -0.1) is 0 Å². The second-order valence-electron chi connectivity index (χ2n) is 3.95. The Morgan fingerprint density at radius 1 is 1.20 bits per heavy atom. The summed E-state index contributed by atoms with van der Waals surface area (Å²) in [6.07, 6.45) is 0.526. The highest BCUT2D eigenvalue weighted by Crippen LogP contribution is 2.17. The van der Waals surface area contributed by atoms with Gasteiger partial charge in [0, 0.05) is 24.8 Å². The van der Waals surface area contributed by atoms with Crippen LogP contribution in [0.25, 0.3) is 0 Å². The fourth-order valence-electron chi connectivity index (χ4n) is 1.36. The molecule has 0 aromatic carbocycles. The van der Waals surface area contributed by atoms with Gasteiger partial charge in [0.1, 0.15) is 6.61 Å². The van der Waals surface area contributed by atoms with Gasteiger partial charge in [0.15, 0.2) is 5.75 Å². The smallest absolute Gasteiger partial charge is 0.412 e. The van der Waals surface area contributed by atoms with Crippen molar-refractivity contribution in [2.24, 2.45) is 0 Å². The summed E-state index contributed by atoms with van der Waals surface area (Å²) < 4.78 is 10.1. The van der Waals surface area contributed by atoms with Crippen molar-refractivity contribution in [2.75, 3.05) is 13.1 Å². The normalized spacial score (nSPS) is 9.75. The maximum absolute atomic E-state index is 11.4. The van der Waals surface area contributed by atoms with Crippen LogP contribution in [0.1, 0.15) is 25.1 Å². The predicted octanol–water partition coefficient (Wildman–Crippen LogP) is 1.74. The topological polar surface area (TPSA) is 89.6 Å². The molecule has 0 spiro atoms. The van der Waals surface area contributed by atoms with E-state index in [-0.39, 0.29) is 6.61 Å². The third-order valence-electron chi connectivity index (χ3n) is 2.31. The average molecular weight is 281 g/mol. The number of nitrogens with one attached hydrogen (secondary N) is 2. The van der Waals surface area contributed by atoms with Crippen molar-refractivity contribution in [2.45, 2.75) is 27.4 Å². The lowest BCUT2D eigenvalue weighted by Crippen LogP contribution is -2.26. The van der Waals surface area contributed by atoms with Crippen molar-refractivity contribution >= 4 is 12.2 Å². The standard InChI is InChI=1S/C13H19N3O4/c1-4-14-12(17)19-8-10-6-11(9(3)16-7-10)20-13(18)15-5-2/h6-7H,4-5,8H2,1-3H3,(H,14,17)(H,15,18). The zero-order valence-electron chi connectivity index (χ0n) is 11.9. The van der Waals surface area contributed by atoms with Gasteiger partial charge >= 0.3 is 12.2 Å². The third kappa shape index (κ3) is 5.13. The lowest BCUT2D eigenvalue weighted by molar-refractivity contribution is 0.140. The molecule has 1 rings (SSSR count). The highest BCUT2D eigenvalue weighted by atomic mass is 16.6. The van der Waals surface area contributed by atoms with Crippen LogP contribution in [-0.2, 0) is 11.3 Å². The molecule has 7 nitrogen and oxygen atoms in total. The van der Waals surface area contributed by atoms with Crippen molar-refractivity contribution in [3.8, 4) is 5.75 Å². The Morgan fingerprint density at radius 3 is 2.50 bits per heavy atom. The number of ether oxygens (including phenoxy) is 2. The number of alkyl carbamates (subject to hydrolysis) is 1. The first-order valence-electron chi connectivity index (χ1n) is 6.38. The Bertz CT molecular complexity index is 477. The summed E-state index contributed by atoms with van der Waals surface area (Å²) in [5.74, 6) is 0.341. The Hall–Kier alpha value is -2.31. The van der Waals surface area contributed by atoms with Crippen LogP contribution in [0.2, 0.25) is 0 Å². The quantitative estimate of drug-likeness (QED) is 0.858. The fraction of sp³-hybridized carbons (Fsp3) is 0.462. The molecule has 1 heterocycles. The van der Waals surface area contributed by atoms with E-state index in [1.165, 1.54) is 0 Å². The predicted molar refractivity (Wildman–Crippen MR) is 72.5 cm³/mol. The molecule has 0 radical (unpaired) electrons. The van der Waals surface area contributed by atoms with E-state index >= 15 is 0 Å². The van der Waals surface area contributed by atoms with Crippen LogP contribution in [0.3, 0.4) is 0 Å². The molecule has 0 saturated heterocycles. The van der Waals surface area contributed by atoms with E-state index in [1.54, 1.807) is 33.0 Å². The number of aromatic nitrogens is 1. The lowest BCUT2D eigenvalue weighted by atomic mass is 10.2. The number of aryl methyl sites for hydroxylation is 1. The number of rotatable bonds is 5. The van der Waals surface area contributed by atoms with E-state index in [2.05, 4.69) is 15.6 Å². The molecule has 1 aromatic heterocycles. The van der Waals surface area contributed by atoms with Gasteiger partial charge in [-0.1, -0.05) is 0 Å². The molecule has 0 atom stereocenters. The van der Waals surface area contributed by atoms with Crippen LogP contribution in [0.15, 0.2) is 12.3 Å². The summed E-state index contributed by atoms with van der Waals surface area (Å²) in [5.41, 5.74) is 1.22. The molecule has 0 aliphatic carbocycles. The molecule has 2 amide bonds. The van der Waals surface area contributed by atoms with Gasteiger partial charge in [0.25, 0.3) is 0 Å². The van der Waals surface area contributed by atoms with E-state index in [9.17, 15) is 9.59 Å². The first-order chi connectivity index (χ1) is 9.56. The van der Waals surface area contributed by atoms with Crippen LogP contribution in [-0.4, -0.2) is 30.3 Å². The number of nitrogens with zero attached hydrogens (tertiary/aromatic N) is 1. The van der Waals surface area contributed by atoms with Gasteiger partial charge in [-0.3, -0.25) is 4.98 Å². The van der Waals surface area contributed by atoms with Crippen LogP contribution < -0.4 is 15.4 Å². The zero-order chi connectivity index (χ0) is 15.0. The third-order valence-corrected chi connectivity index (χ3v) is 2.31.